The predicted molar refractivity (Wildman–Crippen MR) is 58.4 cm³/mol. The van der Waals surface area contributed by atoms with E-state index >= 15 is 0 Å². The molecular weight excluding hydrogens is 188 g/mol. The van der Waals surface area contributed by atoms with Crippen molar-refractivity contribution in [2.75, 3.05) is 0 Å². The Morgan fingerprint density at radius 2 is 2.13 bits per heavy atom. The van der Waals surface area contributed by atoms with Crippen molar-refractivity contribution >= 4 is 6.29 Å². The summed E-state index contributed by atoms with van der Waals surface area (Å²) in [6.45, 7) is 4.08. The van der Waals surface area contributed by atoms with Gasteiger partial charge in [-0.25, -0.2) is 4.98 Å². The number of rotatable bonds is 2. The standard InChI is InChI=1S/C12H12N2O/c1-9-3-4-10(2)12(5-9)14-6-11(7-15)13-8-14/h3-8H,1-2H3. The number of aryl methyl sites for hydroxylation is 2. The average molecular weight is 200 g/mol. The van der Waals surface area contributed by atoms with Gasteiger partial charge in [0.1, 0.15) is 12.0 Å². The van der Waals surface area contributed by atoms with Gasteiger partial charge in [0.15, 0.2) is 6.29 Å². The van der Waals surface area contributed by atoms with E-state index in [1.807, 2.05) is 18.4 Å². The van der Waals surface area contributed by atoms with E-state index in [0.717, 1.165) is 17.5 Å². The number of hydrogen-bond acceptors (Lipinski definition) is 2. The Bertz CT molecular complexity index is 500. The number of hydrogen-bond donors (Lipinski definition) is 0. The number of benzene rings is 1. The summed E-state index contributed by atoms with van der Waals surface area (Å²) >= 11 is 0. The van der Waals surface area contributed by atoms with E-state index in [1.54, 1.807) is 12.5 Å². The van der Waals surface area contributed by atoms with Crippen molar-refractivity contribution in [2.24, 2.45) is 0 Å². The highest BCUT2D eigenvalue weighted by Crippen LogP contribution is 2.15. The van der Waals surface area contributed by atoms with Crippen molar-refractivity contribution in [3.05, 3.63) is 47.5 Å². The molecule has 0 atom stereocenters. The van der Waals surface area contributed by atoms with Crippen LogP contribution in [0.5, 0.6) is 0 Å². The number of imidazole rings is 1. The van der Waals surface area contributed by atoms with E-state index in [4.69, 9.17) is 0 Å². The van der Waals surface area contributed by atoms with Gasteiger partial charge in [0, 0.05) is 11.9 Å². The van der Waals surface area contributed by atoms with Gasteiger partial charge < -0.3 is 4.57 Å². The van der Waals surface area contributed by atoms with E-state index in [0.29, 0.717) is 5.69 Å². The summed E-state index contributed by atoms with van der Waals surface area (Å²) in [4.78, 5) is 14.5. The fourth-order valence-corrected chi connectivity index (χ4v) is 1.53. The first kappa shape index (κ1) is 9.65. The van der Waals surface area contributed by atoms with Crippen molar-refractivity contribution in [3.63, 3.8) is 0 Å². The molecule has 0 fully saturated rings. The number of carbonyl (C=O) groups is 1. The van der Waals surface area contributed by atoms with Crippen LogP contribution in [0.15, 0.2) is 30.7 Å². The zero-order valence-corrected chi connectivity index (χ0v) is 8.77. The molecule has 0 spiro atoms. The first-order valence-electron chi connectivity index (χ1n) is 4.77. The van der Waals surface area contributed by atoms with Crippen LogP contribution < -0.4 is 0 Å². The number of nitrogens with zero attached hydrogens (tertiary/aromatic N) is 2. The highest BCUT2D eigenvalue weighted by atomic mass is 16.1. The van der Waals surface area contributed by atoms with Crippen LogP contribution >= 0.6 is 0 Å². The Morgan fingerprint density at radius 1 is 1.33 bits per heavy atom. The normalized spacial score (nSPS) is 10.3. The fraction of sp³-hybridized carbons (Fsp3) is 0.167. The van der Waals surface area contributed by atoms with Crippen LogP contribution in [0.4, 0.5) is 0 Å². The molecule has 0 saturated carbocycles. The maximum Gasteiger partial charge on any atom is 0.170 e. The molecular formula is C12H12N2O. The van der Waals surface area contributed by atoms with Gasteiger partial charge in [-0.15, -0.1) is 0 Å². The molecule has 0 unspecified atom stereocenters. The summed E-state index contributed by atoms with van der Waals surface area (Å²) in [6.07, 6.45) is 4.14. The lowest BCUT2D eigenvalue weighted by atomic mass is 10.1. The van der Waals surface area contributed by atoms with Crippen LogP contribution in [0.25, 0.3) is 5.69 Å². The third-order valence-electron chi connectivity index (χ3n) is 2.37. The summed E-state index contributed by atoms with van der Waals surface area (Å²) in [6, 6.07) is 6.20. The molecule has 2 rings (SSSR count). The maximum atomic E-state index is 10.5. The molecule has 76 valence electrons. The molecule has 0 radical (unpaired) electrons. The molecule has 0 N–H and O–H groups in total. The van der Waals surface area contributed by atoms with Crippen LogP contribution in [0.1, 0.15) is 21.6 Å². The lowest BCUT2D eigenvalue weighted by molar-refractivity contribution is 0.111. The lowest BCUT2D eigenvalue weighted by Gasteiger charge is -2.06. The molecule has 2 aromatic rings. The Balaban J connectivity index is 2.52. The van der Waals surface area contributed by atoms with Gasteiger partial charge in [-0.2, -0.15) is 0 Å². The molecule has 1 aromatic carbocycles. The summed E-state index contributed by atoms with van der Waals surface area (Å²) in [5, 5.41) is 0. The Kier molecular flexibility index (Phi) is 2.37. The smallest absolute Gasteiger partial charge is 0.170 e. The quantitative estimate of drug-likeness (QED) is 0.697. The van der Waals surface area contributed by atoms with Crippen LogP contribution in [0.3, 0.4) is 0 Å². The van der Waals surface area contributed by atoms with Crippen molar-refractivity contribution in [1.82, 2.24) is 9.55 Å². The van der Waals surface area contributed by atoms with E-state index in [-0.39, 0.29) is 0 Å². The minimum atomic E-state index is 0.455. The minimum absolute atomic E-state index is 0.455. The summed E-state index contributed by atoms with van der Waals surface area (Å²) in [5.74, 6) is 0. The third-order valence-corrected chi connectivity index (χ3v) is 2.37. The van der Waals surface area contributed by atoms with E-state index in [1.165, 1.54) is 5.56 Å². The molecule has 0 amide bonds. The molecule has 1 heterocycles. The van der Waals surface area contributed by atoms with Crippen molar-refractivity contribution < 1.29 is 4.79 Å². The second-order valence-electron chi connectivity index (χ2n) is 3.61. The highest BCUT2D eigenvalue weighted by molar-refractivity contribution is 5.71. The third kappa shape index (κ3) is 1.81. The fourth-order valence-electron chi connectivity index (χ4n) is 1.53. The molecule has 0 bridgehead atoms. The minimum Gasteiger partial charge on any atom is -0.305 e. The molecule has 0 aliphatic rings. The van der Waals surface area contributed by atoms with Gasteiger partial charge >= 0.3 is 0 Å². The van der Waals surface area contributed by atoms with Crippen LogP contribution in [-0.2, 0) is 0 Å². The van der Waals surface area contributed by atoms with Crippen LogP contribution in [0, 0.1) is 13.8 Å². The second-order valence-corrected chi connectivity index (χ2v) is 3.61. The first-order chi connectivity index (χ1) is 7.20. The number of carbonyl (C=O) groups excluding carboxylic acids is 1. The SMILES string of the molecule is Cc1ccc(C)c(-n2cnc(C=O)c2)c1. The molecule has 0 aliphatic carbocycles. The lowest BCUT2D eigenvalue weighted by Crippen LogP contribution is -1.94. The molecule has 3 nitrogen and oxygen atoms in total. The molecule has 3 heteroatoms. The molecule has 15 heavy (non-hydrogen) atoms. The molecule has 0 aliphatic heterocycles. The number of aldehydes is 1. The van der Waals surface area contributed by atoms with Gasteiger partial charge in [-0.3, -0.25) is 4.79 Å². The average Bonchev–Trinajstić information content (AvgIpc) is 2.70. The van der Waals surface area contributed by atoms with Gasteiger partial charge in [-0.05, 0) is 31.0 Å². The molecule has 1 aromatic heterocycles. The monoisotopic (exact) mass is 200 g/mol. The predicted octanol–water partition coefficient (Wildman–Crippen LogP) is 2.30. The van der Waals surface area contributed by atoms with E-state index < -0.39 is 0 Å². The van der Waals surface area contributed by atoms with Gasteiger partial charge in [-0.1, -0.05) is 12.1 Å². The maximum absolute atomic E-state index is 10.5. The molecule has 0 saturated heterocycles. The van der Waals surface area contributed by atoms with E-state index in [9.17, 15) is 4.79 Å². The topological polar surface area (TPSA) is 34.9 Å². The second kappa shape index (κ2) is 3.69. The van der Waals surface area contributed by atoms with E-state index in [2.05, 4.69) is 23.2 Å². The Labute approximate surface area is 88.4 Å². The van der Waals surface area contributed by atoms with Gasteiger partial charge in [0.05, 0.1) is 0 Å². The zero-order valence-electron chi connectivity index (χ0n) is 8.77. The van der Waals surface area contributed by atoms with Crippen molar-refractivity contribution in [3.8, 4) is 5.69 Å². The summed E-state index contributed by atoms with van der Waals surface area (Å²) in [5.41, 5.74) is 3.87. The Hall–Kier alpha value is -1.90. The van der Waals surface area contributed by atoms with Crippen LogP contribution in [0.2, 0.25) is 0 Å². The van der Waals surface area contributed by atoms with Gasteiger partial charge in [0.25, 0.3) is 0 Å². The highest BCUT2D eigenvalue weighted by Gasteiger charge is 2.02. The summed E-state index contributed by atoms with van der Waals surface area (Å²) in [7, 11) is 0. The zero-order chi connectivity index (χ0) is 10.8. The van der Waals surface area contributed by atoms with Crippen molar-refractivity contribution in [2.45, 2.75) is 13.8 Å². The largest absolute Gasteiger partial charge is 0.305 e. The summed E-state index contributed by atoms with van der Waals surface area (Å²) < 4.78 is 1.87. The number of aromatic nitrogens is 2. The van der Waals surface area contributed by atoms with Crippen LogP contribution in [-0.4, -0.2) is 15.8 Å². The first-order valence-corrected chi connectivity index (χ1v) is 4.77. The Morgan fingerprint density at radius 3 is 2.80 bits per heavy atom. The van der Waals surface area contributed by atoms with Crippen molar-refractivity contribution in [1.29, 1.82) is 0 Å². The van der Waals surface area contributed by atoms with Gasteiger partial charge in [0.2, 0.25) is 0 Å².